The van der Waals surface area contributed by atoms with Crippen molar-refractivity contribution < 1.29 is 31.8 Å². The third kappa shape index (κ3) is 4.76. The van der Waals surface area contributed by atoms with E-state index >= 15 is 0 Å². The van der Waals surface area contributed by atoms with Crippen LogP contribution in [0, 0.1) is 3.70 Å². The maximum atomic E-state index is 13.0. The Bertz CT molecular complexity index is 493. The third-order valence-corrected chi connectivity index (χ3v) is 2.94. The molecule has 0 atom stereocenters. The molecule has 0 fully saturated rings. The van der Waals surface area contributed by atoms with Crippen molar-refractivity contribution in [2.45, 2.75) is 26.4 Å². The monoisotopic (exact) mass is 407 g/mol. The molecule has 112 valence electrons. The number of carbonyl (C=O) groups excluding carboxylic acids is 1. The van der Waals surface area contributed by atoms with E-state index in [9.17, 15) is 22.4 Å². The number of hydrogen-bond donors (Lipinski definition) is 0. The minimum atomic E-state index is -4.96. The number of carbonyl (C=O) groups is 1. The molecule has 0 saturated carbocycles. The Balaban J connectivity index is 3.14. The van der Waals surface area contributed by atoms with Gasteiger partial charge < -0.3 is 9.47 Å². The predicted octanol–water partition coefficient (Wildman–Crippen LogP) is 3.16. The molecule has 4 nitrogen and oxygen atoms in total. The molecule has 0 spiro atoms. The average molecular weight is 407 g/mol. The van der Waals surface area contributed by atoms with E-state index in [-0.39, 0.29) is 27.9 Å². The summed E-state index contributed by atoms with van der Waals surface area (Å²) in [6, 6.07) is 0. The molecule has 0 amide bonds. The van der Waals surface area contributed by atoms with Gasteiger partial charge in [-0.2, -0.15) is 0 Å². The van der Waals surface area contributed by atoms with Crippen molar-refractivity contribution in [1.29, 1.82) is 0 Å². The van der Waals surface area contributed by atoms with Gasteiger partial charge in [0.15, 0.2) is 5.75 Å². The topological polar surface area (TPSA) is 48.4 Å². The number of nitrogens with zero attached hydrogens (tertiary/aromatic N) is 1. The van der Waals surface area contributed by atoms with Gasteiger partial charge in [-0.15, -0.1) is 13.2 Å². The van der Waals surface area contributed by atoms with Crippen LogP contribution in [-0.2, 0) is 22.6 Å². The normalized spacial score (nSPS) is 11.3. The number of alkyl halides is 4. The quantitative estimate of drug-likeness (QED) is 0.326. The molecule has 0 unspecified atom stereocenters. The van der Waals surface area contributed by atoms with Crippen LogP contribution in [0.25, 0.3) is 0 Å². The Hall–Kier alpha value is -1.13. The smallest absolute Gasteiger partial charge is 0.466 e. The number of aromatic nitrogens is 1. The van der Waals surface area contributed by atoms with E-state index in [1.807, 2.05) is 0 Å². The first-order valence-corrected chi connectivity index (χ1v) is 6.50. The van der Waals surface area contributed by atoms with Crippen molar-refractivity contribution in [3.63, 3.8) is 0 Å². The van der Waals surface area contributed by atoms with Gasteiger partial charge in [0.25, 0.3) is 0 Å². The summed E-state index contributed by atoms with van der Waals surface area (Å²) in [7, 11) is 0. The highest BCUT2D eigenvalue weighted by molar-refractivity contribution is 14.1. The van der Waals surface area contributed by atoms with Crippen molar-refractivity contribution >= 4 is 28.6 Å². The molecular formula is C11H10F4INO3. The fraction of sp³-hybridized carbons (Fsp3) is 0.455. The number of pyridine rings is 1. The highest BCUT2D eigenvalue weighted by Crippen LogP contribution is 2.32. The molecule has 9 heteroatoms. The third-order valence-electron chi connectivity index (χ3n) is 2.17. The summed E-state index contributed by atoms with van der Waals surface area (Å²) in [5.74, 6) is -1.40. The lowest BCUT2D eigenvalue weighted by Gasteiger charge is -2.15. The maximum Gasteiger partial charge on any atom is 0.573 e. The van der Waals surface area contributed by atoms with E-state index < -0.39 is 24.8 Å². The molecule has 0 aliphatic heterocycles. The van der Waals surface area contributed by atoms with Gasteiger partial charge in [-0.1, -0.05) is 0 Å². The molecule has 1 heterocycles. The van der Waals surface area contributed by atoms with Crippen molar-refractivity contribution in [3.8, 4) is 5.75 Å². The summed E-state index contributed by atoms with van der Waals surface area (Å²) in [6.45, 7) is 0.491. The number of ether oxygens (including phenoxy) is 2. The molecule has 0 aliphatic rings. The minimum absolute atomic E-state index is 0.00520. The average Bonchev–Trinajstić information content (AvgIpc) is 2.32. The zero-order valence-electron chi connectivity index (χ0n) is 10.3. The lowest BCUT2D eigenvalue weighted by Crippen LogP contribution is -2.20. The summed E-state index contributed by atoms with van der Waals surface area (Å²) < 4.78 is 58.2. The Morgan fingerprint density at radius 3 is 2.60 bits per heavy atom. The molecule has 1 aromatic heterocycles. The minimum Gasteiger partial charge on any atom is -0.466 e. The first-order chi connectivity index (χ1) is 9.28. The van der Waals surface area contributed by atoms with Gasteiger partial charge in [0.1, 0.15) is 10.4 Å². The van der Waals surface area contributed by atoms with E-state index in [1.165, 1.54) is 22.6 Å². The molecule has 0 aromatic carbocycles. The van der Waals surface area contributed by atoms with Gasteiger partial charge in [0.2, 0.25) is 0 Å². The largest absolute Gasteiger partial charge is 0.573 e. The standard InChI is InChI=1S/C11H10F4INO3/c1-2-19-8(18)3-6-5-17-10(16)9(7(6)4-12)20-11(13,14)15/h5H,2-4H2,1H3. The fourth-order valence-electron chi connectivity index (χ4n) is 1.43. The molecule has 0 radical (unpaired) electrons. The van der Waals surface area contributed by atoms with Crippen LogP contribution in [0.15, 0.2) is 6.20 Å². The van der Waals surface area contributed by atoms with Crippen LogP contribution < -0.4 is 4.74 Å². The van der Waals surface area contributed by atoms with E-state index in [4.69, 9.17) is 0 Å². The van der Waals surface area contributed by atoms with Gasteiger partial charge in [-0.3, -0.25) is 4.79 Å². The van der Waals surface area contributed by atoms with E-state index in [1.54, 1.807) is 6.92 Å². The summed E-state index contributed by atoms with van der Waals surface area (Å²) in [5.41, 5.74) is -0.347. The predicted molar refractivity (Wildman–Crippen MR) is 68.8 cm³/mol. The fourth-order valence-corrected chi connectivity index (χ4v) is 2.00. The molecule has 0 saturated heterocycles. The van der Waals surface area contributed by atoms with Crippen LogP contribution in [0.1, 0.15) is 18.1 Å². The van der Waals surface area contributed by atoms with Crippen LogP contribution in [0.4, 0.5) is 17.6 Å². The SMILES string of the molecule is CCOC(=O)Cc1cnc(I)c(OC(F)(F)F)c1CF. The van der Waals surface area contributed by atoms with Crippen molar-refractivity contribution in [3.05, 3.63) is 21.0 Å². The molecule has 20 heavy (non-hydrogen) atoms. The first kappa shape index (κ1) is 16.9. The van der Waals surface area contributed by atoms with Gasteiger partial charge in [-0.25, -0.2) is 9.37 Å². The molecule has 1 rings (SSSR count). The summed E-state index contributed by atoms with van der Waals surface area (Å²) >= 11 is 1.50. The van der Waals surface area contributed by atoms with Crippen LogP contribution >= 0.6 is 22.6 Å². The second kappa shape index (κ2) is 7.04. The summed E-state index contributed by atoms with van der Waals surface area (Å²) in [6.07, 6.45) is -4.20. The Morgan fingerprint density at radius 1 is 1.45 bits per heavy atom. The van der Waals surface area contributed by atoms with E-state index in [0.29, 0.717) is 0 Å². The lowest BCUT2D eigenvalue weighted by atomic mass is 10.1. The van der Waals surface area contributed by atoms with Gasteiger partial charge >= 0.3 is 12.3 Å². The Kier molecular flexibility index (Phi) is 5.96. The van der Waals surface area contributed by atoms with Gasteiger partial charge in [0.05, 0.1) is 13.0 Å². The molecular weight excluding hydrogens is 397 g/mol. The maximum absolute atomic E-state index is 13.0. The lowest BCUT2D eigenvalue weighted by molar-refractivity contribution is -0.275. The number of halogens is 5. The Labute approximate surface area is 125 Å². The molecule has 0 aliphatic carbocycles. The van der Waals surface area contributed by atoms with Crippen molar-refractivity contribution in [2.24, 2.45) is 0 Å². The molecule has 0 bridgehead atoms. The van der Waals surface area contributed by atoms with E-state index in [0.717, 1.165) is 6.20 Å². The van der Waals surface area contributed by atoms with Crippen LogP contribution in [0.2, 0.25) is 0 Å². The van der Waals surface area contributed by atoms with Gasteiger partial charge in [-0.05, 0) is 35.1 Å². The number of esters is 1. The number of hydrogen-bond acceptors (Lipinski definition) is 4. The van der Waals surface area contributed by atoms with Crippen molar-refractivity contribution in [1.82, 2.24) is 4.98 Å². The highest BCUT2D eigenvalue weighted by atomic mass is 127. The van der Waals surface area contributed by atoms with Crippen LogP contribution in [-0.4, -0.2) is 23.9 Å². The highest BCUT2D eigenvalue weighted by Gasteiger charge is 2.34. The van der Waals surface area contributed by atoms with Gasteiger partial charge in [0, 0.05) is 11.8 Å². The first-order valence-electron chi connectivity index (χ1n) is 5.42. The number of rotatable bonds is 5. The van der Waals surface area contributed by atoms with Crippen LogP contribution in [0.5, 0.6) is 5.75 Å². The van der Waals surface area contributed by atoms with Crippen molar-refractivity contribution in [2.75, 3.05) is 6.61 Å². The van der Waals surface area contributed by atoms with E-state index in [2.05, 4.69) is 14.5 Å². The Morgan fingerprint density at radius 2 is 2.10 bits per heavy atom. The summed E-state index contributed by atoms with van der Waals surface area (Å²) in [4.78, 5) is 15.0. The zero-order chi connectivity index (χ0) is 15.3. The summed E-state index contributed by atoms with van der Waals surface area (Å²) in [5, 5.41) is 0. The molecule has 1 aromatic rings. The second-order valence-electron chi connectivity index (χ2n) is 3.55. The van der Waals surface area contributed by atoms with Crippen LogP contribution in [0.3, 0.4) is 0 Å². The molecule has 0 N–H and O–H groups in total. The second-order valence-corrected chi connectivity index (χ2v) is 4.57. The zero-order valence-corrected chi connectivity index (χ0v) is 12.4.